The number of halogens is 3. The average Bonchev–Trinajstić information content (AvgIpc) is 2.56. The van der Waals surface area contributed by atoms with Crippen LogP contribution in [0.2, 0.25) is 0 Å². The van der Waals surface area contributed by atoms with Crippen molar-refractivity contribution in [2.24, 2.45) is 0 Å². The van der Waals surface area contributed by atoms with Crippen molar-refractivity contribution in [1.82, 2.24) is 5.32 Å². The molecular weight excluding hydrogens is 319 g/mol. The Bertz CT molecular complexity index is 740. The first kappa shape index (κ1) is 18.0. The van der Waals surface area contributed by atoms with Crippen LogP contribution in [0.15, 0.2) is 42.5 Å². The van der Waals surface area contributed by atoms with Crippen LogP contribution in [-0.2, 0) is 9.59 Å². The molecule has 24 heavy (non-hydrogen) atoms. The topological polar surface area (TPSA) is 46.2 Å². The van der Waals surface area contributed by atoms with Crippen LogP contribution in [0.5, 0.6) is 0 Å². The van der Waals surface area contributed by atoms with Crippen LogP contribution in [0.25, 0.3) is 10.8 Å². The number of fused-ring (bicyclic) bond motifs is 1. The van der Waals surface area contributed by atoms with Crippen molar-refractivity contribution in [2.45, 2.75) is 38.4 Å². The monoisotopic (exact) mass is 337 g/mol. The van der Waals surface area contributed by atoms with E-state index in [-0.39, 0.29) is 0 Å². The number of alkyl halides is 3. The van der Waals surface area contributed by atoms with Crippen LogP contribution in [-0.4, -0.2) is 17.9 Å². The van der Waals surface area contributed by atoms with Crippen LogP contribution in [0.1, 0.15) is 37.8 Å². The fraction of sp³-hybridized carbons (Fsp3) is 0.333. The number of rotatable bonds is 6. The highest BCUT2D eigenvalue weighted by atomic mass is 19.4. The van der Waals surface area contributed by atoms with Crippen molar-refractivity contribution in [1.29, 1.82) is 0 Å². The minimum atomic E-state index is -4.45. The summed E-state index contributed by atoms with van der Waals surface area (Å²) >= 11 is 0. The molecule has 1 amide bonds. The van der Waals surface area contributed by atoms with Crippen molar-refractivity contribution < 1.29 is 22.8 Å². The fourth-order valence-electron chi connectivity index (χ4n) is 2.45. The quantitative estimate of drug-likeness (QED) is 0.798. The Labute approximate surface area is 137 Å². The van der Waals surface area contributed by atoms with Gasteiger partial charge in [-0.1, -0.05) is 43.3 Å². The van der Waals surface area contributed by atoms with Gasteiger partial charge in [-0.2, -0.15) is 13.2 Å². The summed E-state index contributed by atoms with van der Waals surface area (Å²) in [6.07, 6.45) is -6.04. The van der Waals surface area contributed by atoms with Crippen LogP contribution < -0.4 is 5.32 Å². The number of ketones is 1. The summed E-state index contributed by atoms with van der Waals surface area (Å²) in [5, 5.41) is 4.56. The molecule has 0 heterocycles. The highest BCUT2D eigenvalue weighted by molar-refractivity contribution is 6.36. The number of nitrogens with one attached hydrogen (secondary N) is 1. The maximum absolute atomic E-state index is 12.1. The van der Waals surface area contributed by atoms with Gasteiger partial charge in [-0.25, -0.2) is 0 Å². The predicted octanol–water partition coefficient (Wildman–Crippen LogP) is 4.32. The van der Waals surface area contributed by atoms with Crippen LogP contribution in [0.4, 0.5) is 13.2 Å². The summed E-state index contributed by atoms with van der Waals surface area (Å²) in [6, 6.07) is 12.9. The van der Waals surface area contributed by atoms with Crippen molar-refractivity contribution in [2.75, 3.05) is 0 Å². The van der Waals surface area contributed by atoms with Gasteiger partial charge in [0.15, 0.2) is 0 Å². The number of benzene rings is 2. The molecule has 0 aromatic heterocycles. The lowest BCUT2D eigenvalue weighted by molar-refractivity contribution is -0.148. The number of hydrogen-bond acceptors (Lipinski definition) is 2. The van der Waals surface area contributed by atoms with E-state index in [2.05, 4.69) is 5.32 Å². The van der Waals surface area contributed by atoms with E-state index >= 15 is 0 Å². The van der Waals surface area contributed by atoms with Crippen LogP contribution in [0.3, 0.4) is 0 Å². The molecule has 3 nitrogen and oxygen atoms in total. The Balaban J connectivity index is 2.07. The van der Waals surface area contributed by atoms with Gasteiger partial charge in [0, 0.05) is 6.42 Å². The van der Waals surface area contributed by atoms with Gasteiger partial charge in [0.25, 0.3) is 5.91 Å². The van der Waals surface area contributed by atoms with Gasteiger partial charge in [-0.05, 0) is 28.8 Å². The molecule has 6 heteroatoms. The summed E-state index contributed by atoms with van der Waals surface area (Å²) in [7, 11) is 0. The maximum atomic E-state index is 12.1. The summed E-state index contributed by atoms with van der Waals surface area (Å²) in [5.74, 6) is -2.02. The van der Waals surface area contributed by atoms with Gasteiger partial charge in [-0.15, -0.1) is 0 Å². The lowest BCUT2D eigenvalue weighted by Crippen LogP contribution is -2.34. The molecule has 0 aliphatic rings. The van der Waals surface area contributed by atoms with E-state index in [1.165, 1.54) is 0 Å². The van der Waals surface area contributed by atoms with Crippen LogP contribution in [0, 0.1) is 0 Å². The first-order valence-corrected chi connectivity index (χ1v) is 7.69. The first-order chi connectivity index (χ1) is 11.3. The van der Waals surface area contributed by atoms with Crippen molar-refractivity contribution in [3.8, 4) is 0 Å². The highest BCUT2D eigenvalue weighted by Gasteiger charge is 2.30. The SMILES string of the molecule is CC[C@H](NC(=O)C(=O)CCC(F)(F)F)c1ccc2ccccc2c1. The molecule has 0 radical (unpaired) electrons. The molecule has 0 fully saturated rings. The minimum Gasteiger partial charge on any atom is -0.343 e. The molecule has 1 N–H and O–H groups in total. The third kappa shape index (κ3) is 4.81. The van der Waals surface area contributed by atoms with Crippen molar-refractivity contribution in [3.63, 3.8) is 0 Å². The third-order valence-electron chi connectivity index (χ3n) is 3.78. The van der Waals surface area contributed by atoms with Gasteiger partial charge in [0.1, 0.15) is 0 Å². The molecule has 2 rings (SSSR count). The van der Waals surface area contributed by atoms with E-state index in [0.29, 0.717) is 6.42 Å². The zero-order valence-corrected chi connectivity index (χ0v) is 13.2. The zero-order valence-electron chi connectivity index (χ0n) is 13.2. The summed E-state index contributed by atoms with van der Waals surface area (Å²) in [6.45, 7) is 1.83. The number of amides is 1. The fourth-order valence-corrected chi connectivity index (χ4v) is 2.45. The predicted molar refractivity (Wildman–Crippen MR) is 85.4 cm³/mol. The van der Waals surface area contributed by atoms with E-state index in [0.717, 1.165) is 16.3 Å². The van der Waals surface area contributed by atoms with Gasteiger partial charge < -0.3 is 5.32 Å². The Kier molecular flexibility index (Phi) is 5.59. The molecule has 1 atom stereocenters. The summed E-state index contributed by atoms with van der Waals surface area (Å²) < 4.78 is 36.4. The van der Waals surface area contributed by atoms with Crippen molar-refractivity contribution in [3.05, 3.63) is 48.0 Å². The van der Waals surface area contributed by atoms with E-state index < -0.39 is 36.8 Å². The second-order valence-electron chi connectivity index (χ2n) is 5.58. The molecule has 128 valence electrons. The highest BCUT2D eigenvalue weighted by Crippen LogP contribution is 2.23. The lowest BCUT2D eigenvalue weighted by atomic mass is 10.00. The molecule has 0 aliphatic heterocycles. The minimum absolute atomic E-state index is 0.419. The Morgan fingerprint density at radius 1 is 1.08 bits per heavy atom. The molecule has 0 saturated carbocycles. The van der Waals surface area contributed by atoms with Crippen molar-refractivity contribution >= 4 is 22.5 Å². The average molecular weight is 337 g/mol. The number of Topliss-reactive ketones (excluding diaryl/α,β-unsaturated/α-hetero) is 1. The molecular formula is C18H18F3NO2. The molecule has 0 saturated heterocycles. The standard InChI is InChI=1S/C18H18F3NO2/c1-2-15(22-17(24)16(23)9-10-18(19,20)21)14-8-7-12-5-3-4-6-13(12)11-14/h3-8,11,15H,2,9-10H2,1H3,(H,22,24)/t15-/m0/s1. The van der Waals surface area contributed by atoms with Gasteiger partial charge >= 0.3 is 6.18 Å². The zero-order chi connectivity index (χ0) is 17.7. The number of carbonyl (C=O) groups excluding carboxylic acids is 2. The normalized spacial score (nSPS) is 12.8. The third-order valence-corrected chi connectivity index (χ3v) is 3.78. The van der Waals surface area contributed by atoms with E-state index in [1.54, 1.807) is 0 Å². The first-order valence-electron chi connectivity index (χ1n) is 7.69. The Hall–Kier alpha value is -2.37. The molecule has 0 bridgehead atoms. The van der Waals surface area contributed by atoms with Gasteiger partial charge in [0.2, 0.25) is 5.78 Å². The molecule has 2 aromatic carbocycles. The van der Waals surface area contributed by atoms with Gasteiger partial charge in [0.05, 0.1) is 12.5 Å². The summed E-state index contributed by atoms with van der Waals surface area (Å²) in [5.41, 5.74) is 0.813. The summed E-state index contributed by atoms with van der Waals surface area (Å²) in [4.78, 5) is 23.4. The number of carbonyl (C=O) groups is 2. The second kappa shape index (κ2) is 7.47. The molecule has 2 aromatic rings. The Morgan fingerprint density at radius 3 is 2.38 bits per heavy atom. The van der Waals surface area contributed by atoms with Gasteiger partial charge in [-0.3, -0.25) is 9.59 Å². The second-order valence-corrected chi connectivity index (χ2v) is 5.58. The largest absolute Gasteiger partial charge is 0.389 e. The van der Waals surface area contributed by atoms with E-state index in [1.807, 2.05) is 49.4 Å². The van der Waals surface area contributed by atoms with E-state index in [4.69, 9.17) is 0 Å². The Morgan fingerprint density at radius 2 is 1.75 bits per heavy atom. The molecule has 0 aliphatic carbocycles. The van der Waals surface area contributed by atoms with Crippen LogP contribution >= 0.6 is 0 Å². The lowest BCUT2D eigenvalue weighted by Gasteiger charge is -2.18. The smallest absolute Gasteiger partial charge is 0.343 e. The molecule has 0 spiro atoms. The number of hydrogen-bond donors (Lipinski definition) is 1. The molecule has 0 unspecified atom stereocenters. The maximum Gasteiger partial charge on any atom is 0.389 e. The van der Waals surface area contributed by atoms with E-state index in [9.17, 15) is 22.8 Å².